The predicted molar refractivity (Wildman–Crippen MR) is 83.8 cm³/mol. The molecule has 1 aliphatic carbocycles. The molecule has 2 unspecified atom stereocenters. The summed E-state index contributed by atoms with van der Waals surface area (Å²) in [4.78, 5) is 12.6. The van der Waals surface area contributed by atoms with Crippen LogP contribution in [0.2, 0.25) is 5.02 Å². The van der Waals surface area contributed by atoms with Crippen LogP contribution in [0.4, 0.5) is 0 Å². The minimum atomic E-state index is -0.0922. The van der Waals surface area contributed by atoms with Crippen molar-refractivity contribution in [3.8, 4) is 0 Å². The molecule has 3 rings (SSSR count). The second-order valence-electron chi connectivity index (χ2n) is 6.01. The highest BCUT2D eigenvalue weighted by atomic mass is 35.5. The van der Waals surface area contributed by atoms with Gasteiger partial charge in [-0.1, -0.05) is 43.0 Å². The molecule has 5 heteroatoms. The first-order valence-corrected chi connectivity index (χ1v) is 8.16. The lowest BCUT2D eigenvalue weighted by Crippen LogP contribution is -2.42. The van der Waals surface area contributed by atoms with Gasteiger partial charge in [0.25, 0.3) is 0 Å². The zero-order valence-electron chi connectivity index (χ0n) is 12.1. The van der Waals surface area contributed by atoms with E-state index in [4.69, 9.17) is 11.6 Å². The van der Waals surface area contributed by atoms with E-state index >= 15 is 0 Å². The number of hydrazine groups is 1. The fourth-order valence-corrected chi connectivity index (χ4v) is 3.51. The Morgan fingerprint density at radius 3 is 2.81 bits per heavy atom. The van der Waals surface area contributed by atoms with Crippen LogP contribution in [0, 0.1) is 5.92 Å². The number of benzene rings is 1. The Bertz CT molecular complexity index is 502. The number of hydrogen-bond acceptors (Lipinski definition) is 3. The Morgan fingerprint density at radius 2 is 2.05 bits per heavy atom. The van der Waals surface area contributed by atoms with E-state index in [-0.39, 0.29) is 17.9 Å². The summed E-state index contributed by atoms with van der Waals surface area (Å²) in [5, 5.41) is 3.92. The highest BCUT2D eigenvalue weighted by molar-refractivity contribution is 6.30. The number of halogens is 1. The van der Waals surface area contributed by atoms with Crippen LogP contribution in [0.15, 0.2) is 24.3 Å². The third kappa shape index (κ3) is 3.57. The number of amides is 1. The topological polar surface area (TPSA) is 53.2 Å². The van der Waals surface area contributed by atoms with Crippen LogP contribution < -0.4 is 16.2 Å². The Balaban J connectivity index is 1.67. The Morgan fingerprint density at radius 1 is 1.24 bits per heavy atom. The van der Waals surface area contributed by atoms with E-state index < -0.39 is 0 Å². The van der Waals surface area contributed by atoms with E-state index in [1.165, 1.54) is 19.3 Å². The largest absolute Gasteiger partial charge is 0.353 e. The summed E-state index contributed by atoms with van der Waals surface area (Å²) in [6.45, 7) is 0.649. The van der Waals surface area contributed by atoms with E-state index in [9.17, 15) is 4.79 Å². The molecule has 1 heterocycles. The van der Waals surface area contributed by atoms with E-state index in [0.29, 0.717) is 17.6 Å². The SMILES string of the molecule is O=C(NC1CCCCC1)C1CNNC1c1cccc(Cl)c1. The summed E-state index contributed by atoms with van der Waals surface area (Å²) in [5.74, 6) is 0.0507. The minimum absolute atomic E-state index is 0.0210. The molecule has 1 aromatic carbocycles. The lowest BCUT2D eigenvalue weighted by atomic mass is 9.92. The van der Waals surface area contributed by atoms with Gasteiger partial charge < -0.3 is 5.32 Å². The van der Waals surface area contributed by atoms with E-state index in [0.717, 1.165) is 18.4 Å². The van der Waals surface area contributed by atoms with Crippen molar-refractivity contribution in [2.24, 2.45) is 5.92 Å². The zero-order chi connectivity index (χ0) is 14.7. The first kappa shape index (κ1) is 14.8. The molecule has 0 radical (unpaired) electrons. The van der Waals surface area contributed by atoms with Crippen molar-refractivity contribution >= 4 is 17.5 Å². The van der Waals surface area contributed by atoms with Gasteiger partial charge in [0.05, 0.1) is 12.0 Å². The summed E-state index contributed by atoms with van der Waals surface area (Å²) in [5.41, 5.74) is 7.36. The molecule has 0 bridgehead atoms. The second kappa shape index (κ2) is 6.77. The third-order valence-corrected chi connectivity index (χ3v) is 4.71. The van der Waals surface area contributed by atoms with Gasteiger partial charge in [-0.05, 0) is 30.5 Å². The molecule has 3 N–H and O–H groups in total. The zero-order valence-corrected chi connectivity index (χ0v) is 12.8. The maximum absolute atomic E-state index is 12.6. The third-order valence-electron chi connectivity index (χ3n) is 4.48. The minimum Gasteiger partial charge on any atom is -0.353 e. The number of carbonyl (C=O) groups excluding carboxylic acids is 1. The highest BCUT2D eigenvalue weighted by Gasteiger charge is 2.34. The molecule has 1 aromatic rings. The standard InChI is InChI=1S/C16H22ClN3O/c17-12-6-4-5-11(9-12)15-14(10-18-20-15)16(21)19-13-7-2-1-3-8-13/h4-6,9,13-15,18,20H,1-3,7-8,10H2,(H,19,21). The van der Waals surface area contributed by atoms with Crippen molar-refractivity contribution in [1.82, 2.24) is 16.2 Å². The summed E-state index contributed by atoms with van der Waals surface area (Å²) in [7, 11) is 0. The average Bonchev–Trinajstić information content (AvgIpc) is 2.98. The van der Waals surface area contributed by atoms with Crippen molar-refractivity contribution in [2.45, 2.75) is 44.2 Å². The smallest absolute Gasteiger partial charge is 0.226 e. The van der Waals surface area contributed by atoms with Gasteiger partial charge in [-0.25, -0.2) is 5.43 Å². The fourth-order valence-electron chi connectivity index (χ4n) is 3.31. The molecule has 1 saturated carbocycles. The van der Waals surface area contributed by atoms with Crippen LogP contribution in [0.25, 0.3) is 0 Å². The van der Waals surface area contributed by atoms with Gasteiger partial charge in [0.15, 0.2) is 0 Å². The van der Waals surface area contributed by atoms with Gasteiger partial charge in [0, 0.05) is 17.6 Å². The van der Waals surface area contributed by atoms with E-state index in [2.05, 4.69) is 16.2 Å². The number of rotatable bonds is 3. The molecular weight excluding hydrogens is 286 g/mol. The molecule has 0 aromatic heterocycles. The monoisotopic (exact) mass is 307 g/mol. The van der Waals surface area contributed by atoms with Gasteiger partial charge in [-0.2, -0.15) is 0 Å². The maximum atomic E-state index is 12.6. The van der Waals surface area contributed by atoms with Crippen molar-refractivity contribution in [3.05, 3.63) is 34.9 Å². The fraction of sp³-hybridized carbons (Fsp3) is 0.562. The summed E-state index contributed by atoms with van der Waals surface area (Å²) in [6, 6.07) is 8.04. The van der Waals surface area contributed by atoms with Gasteiger partial charge in [-0.15, -0.1) is 0 Å². The summed E-state index contributed by atoms with van der Waals surface area (Å²) < 4.78 is 0. The first-order chi connectivity index (χ1) is 10.2. The predicted octanol–water partition coefficient (Wildman–Crippen LogP) is 2.55. The first-order valence-electron chi connectivity index (χ1n) is 7.78. The van der Waals surface area contributed by atoms with Crippen LogP contribution >= 0.6 is 11.6 Å². The highest BCUT2D eigenvalue weighted by Crippen LogP contribution is 2.27. The molecule has 2 fully saturated rings. The van der Waals surface area contributed by atoms with Crippen molar-refractivity contribution in [2.75, 3.05) is 6.54 Å². The number of carbonyl (C=O) groups is 1. The molecule has 114 valence electrons. The van der Waals surface area contributed by atoms with Crippen LogP contribution in [0.5, 0.6) is 0 Å². The second-order valence-corrected chi connectivity index (χ2v) is 6.44. The molecule has 2 atom stereocenters. The number of hydrogen-bond donors (Lipinski definition) is 3. The van der Waals surface area contributed by atoms with E-state index in [1.54, 1.807) is 0 Å². The Labute approximate surface area is 130 Å². The van der Waals surface area contributed by atoms with Gasteiger partial charge in [-0.3, -0.25) is 10.2 Å². The quantitative estimate of drug-likeness (QED) is 0.804. The van der Waals surface area contributed by atoms with Crippen LogP contribution in [-0.2, 0) is 4.79 Å². The van der Waals surface area contributed by atoms with Crippen molar-refractivity contribution in [3.63, 3.8) is 0 Å². The van der Waals surface area contributed by atoms with E-state index in [1.807, 2.05) is 24.3 Å². The van der Waals surface area contributed by atoms with Gasteiger partial charge >= 0.3 is 0 Å². The molecule has 1 amide bonds. The molecule has 21 heavy (non-hydrogen) atoms. The van der Waals surface area contributed by atoms with Crippen LogP contribution in [-0.4, -0.2) is 18.5 Å². The molecule has 1 saturated heterocycles. The van der Waals surface area contributed by atoms with Crippen LogP contribution in [0.1, 0.15) is 43.7 Å². The molecular formula is C16H22ClN3O. The average molecular weight is 308 g/mol. The number of nitrogens with one attached hydrogen (secondary N) is 3. The van der Waals surface area contributed by atoms with Crippen LogP contribution in [0.3, 0.4) is 0 Å². The van der Waals surface area contributed by atoms with Crippen molar-refractivity contribution in [1.29, 1.82) is 0 Å². The Hall–Kier alpha value is -1.10. The normalized spacial score (nSPS) is 26.7. The summed E-state index contributed by atoms with van der Waals surface area (Å²) >= 11 is 6.06. The lowest BCUT2D eigenvalue weighted by molar-refractivity contribution is -0.125. The van der Waals surface area contributed by atoms with Gasteiger partial charge in [0.1, 0.15) is 0 Å². The molecule has 2 aliphatic rings. The molecule has 0 spiro atoms. The molecule has 4 nitrogen and oxygen atoms in total. The lowest BCUT2D eigenvalue weighted by Gasteiger charge is -2.26. The summed E-state index contributed by atoms with van der Waals surface area (Å²) in [6.07, 6.45) is 5.97. The molecule has 1 aliphatic heterocycles. The Kier molecular flexibility index (Phi) is 4.78. The maximum Gasteiger partial charge on any atom is 0.226 e. The van der Waals surface area contributed by atoms with Crippen molar-refractivity contribution < 1.29 is 4.79 Å². The van der Waals surface area contributed by atoms with Gasteiger partial charge in [0.2, 0.25) is 5.91 Å².